The Morgan fingerprint density at radius 1 is 1.30 bits per heavy atom. The number of fused-ring (bicyclic) bond motifs is 2. The number of ether oxygens (including phenoxy) is 1. The van der Waals surface area contributed by atoms with Crippen molar-refractivity contribution in [1.29, 1.82) is 0 Å². The van der Waals surface area contributed by atoms with Gasteiger partial charge >= 0.3 is 0 Å². The van der Waals surface area contributed by atoms with Crippen molar-refractivity contribution < 1.29 is 14.3 Å². The SMILES string of the molecule is CCOC1=C(C)C(=O)C2=C(C1=O)c1cnc(C)n1CC2. The summed E-state index contributed by atoms with van der Waals surface area (Å²) in [6, 6.07) is 0. The van der Waals surface area contributed by atoms with Crippen molar-refractivity contribution in [3.05, 3.63) is 34.6 Å². The van der Waals surface area contributed by atoms with E-state index in [0.29, 0.717) is 36.3 Å². The maximum atomic E-state index is 12.6. The molecule has 5 heteroatoms. The average molecular weight is 272 g/mol. The minimum Gasteiger partial charge on any atom is -0.489 e. The van der Waals surface area contributed by atoms with Gasteiger partial charge in [-0.1, -0.05) is 0 Å². The van der Waals surface area contributed by atoms with Gasteiger partial charge in [-0.3, -0.25) is 9.59 Å². The predicted molar refractivity (Wildman–Crippen MR) is 72.8 cm³/mol. The van der Waals surface area contributed by atoms with Crippen LogP contribution in [0.3, 0.4) is 0 Å². The number of Topliss-reactive ketones (excluding diaryl/α,β-unsaturated/α-hetero) is 2. The van der Waals surface area contributed by atoms with Crippen LogP contribution in [-0.4, -0.2) is 27.7 Å². The lowest BCUT2D eigenvalue weighted by Crippen LogP contribution is -2.28. The van der Waals surface area contributed by atoms with Crippen molar-refractivity contribution >= 4 is 17.1 Å². The number of nitrogens with zero attached hydrogens (tertiary/aromatic N) is 2. The lowest BCUT2D eigenvalue weighted by Gasteiger charge is -2.26. The summed E-state index contributed by atoms with van der Waals surface area (Å²) in [4.78, 5) is 29.3. The molecule has 2 heterocycles. The molecule has 0 radical (unpaired) electrons. The summed E-state index contributed by atoms with van der Waals surface area (Å²) in [7, 11) is 0. The molecule has 0 saturated carbocycles. The number of aryl methyl sites for hydroxylation is 1. The molecule has 0 fully saturated rings. The van der Waals surface area contributed by atoms with Gasteiger partial charge in [-0.2, -0.15) is 0 Å². The van der Waals surface area contributed by atoms with Crippen LogP contribution in [0.15, 0.2) is 23.1 Å². The molecule has 104 valence electrons. The number of ketones is 2. The van der Waals surface area contributed by atoms with Crippen molar-refractivity contribution in [2.45, 2.75) is 33.7 Å². The third-order valence-electron chi connectivity index (χ3n) is 3.88. The second kappa shape index (κ2) is 4.44. The summed E-state index contributed by atoms with van der Waals surface area (Å²) in [6.07, 6.45) is 2.24. The van der Waals surface area contributed by atoms with Crippen LogP contribution in [0.1, 0.15) is 31.8 Å². The first-order chi connectivity index (χ1) is 9.56. The second-order valence-corrected chi connectivity index (χ2v) is 4.99. The standard InChI is InChI=1S/C15H16N2O3/c1-4-20-15-8(2)13(18)10-5-6-17-9(3)16-7-11(17)12(10)14(15)19/h7H,4-6H2,1-3H3. The molecule has 0 saturated heterocycles. The van der Waals surface area contributed by atoms with Crippen LogP contribution in [0.25, 0.3) is 5.57 Å². The van der Waals surface area contributed by atoms with Gasteiger partial charge in [0.1, 0.15) is 5.82 Å². The number of hydrogen-bond donors (Lipinski definition) is 0. The molecule has 0 bridgehead atoms. The average Bonchev–Trinajstić information content (AvgIpc) is 2.82. The third kappa shape index (κ3) is 1.59. The maximum absolute atomic E-state index is 12.6. The zero-order chi connectivity index (χ0) is 14.4. The van der Waals surface area contributed by atoms with Gasteiger partial charge < -0.3 is 9.30 Å². The number of allylic oxidation sites excluding steroid dienone is 3. The highest BCUT2D eigenvalue weighted by molar-refractivity contribution is 6.38. The maximum Gasteiger partial charge on any atom is 0.230 e. The molecule has 2 aliphatic rings. The Balaban J connectivity index is 2.18. The van der Waals surface area contributed by atoms with E-state index in [1.54, 1.807) is 20.0 Å². The monoisotopic (exact) mass is 272 g/mol. The van der Waals surface area contributed by atoms with Gasteiger partial charge in [-0.15, -0.1) is 0 Å². The van der Waals surface area contributed by atoms with Crippen molar-refractivity contribution in [2.24, 2.45) is 0 Å². The summed E-state index contributed by atoms with van der Waals surface area (Å²) < 4.78 is 7.37. The van der Waals surface area contributed by atoms with Crippen LogP contribution in [0, 0.1) is 6.92 Å². The smallest absolute Gasteiger partial charge is 0.230 e. The fourth-order valence-electron chi connectivity index (χ4n) is 2.87. The van der Waals surface area contributed by atoms with Crippen LogP contribution in [0.5, 0.6) is 0 Å². The number of carbonyl (C=O) groups excluding carboxylic acids is 2. The van der Waals surface area contributed by atoms with Gasteiger partial charge in [0.05, 0.1) is 24.1 Å². The molecule has 0 amide bonds. The van der Waals surface area contributed by atoms with E-state index in [1.807, 2.05) is 11.5 Å². The molecular formula is C15H16N2O3. The van der Waals surface area contributed by atoms with Crippen molar-refractivity contribution in [3.63, 3.8) is 0 Å². The van der Waals surface area contributed by atoms with E-state index < -0.39 is 0 Å². The number of imidazole rings is 1. The summed E-state index contributed by atoms with van der Waals surface area (Å²) >= 11 is 0. The van der Waals surface area contributed by atoms with Crippen LogP contribution in [-0.2, 0) is 20.9 Å². The fourth-order valence-corrected chi connectivity index (χ4v) is 2.87. The van der Waals surface area contributed by atoms with Crippen molar-refractivity contribution in [1.82, 2.24) is 9.55 Å². The lowest BCUT2D eigenvalue weighted by molar-refractivity contribution is -0.117. The molecule has 0 spiro atoms. The van der Waals surface area contributed by atoms with Gasteiger partial charge in [0.15, 0.2) is 11.5 Å². The highest BCUT2D eigenvalue weighted by atomic mass is 16.5. The van der Waals surface area contributed by atoms with Crippen LogP contribution >= 0.6 is 0 Å². The Labute approximate surface area is 116 Å². The molecule has 1 aliphatic heterocycles. The number of rotatable bonds is 2. The van der Waals surface area contributed by atoms with E-state index in [9.17, 15) is 9.59 Å². The molecule has 0 aromatic carbocycles. The molecule has 0 unspecified atom stereocenters. The molecule has 0 N–H and O–H groups in total. The first-order valence-electron chi connectivity index (χ1n) is 6.75. The van der Waals surface area contributed by atoms with Crippen LogP contribution in [0.2, 0.25) is 0 Å². The van der Waals surface area contributed by atoms with Crippen LogP contribution in [0.4, 0.5) is 0 Å². The van der Waals surface area contributed by atoms with E-state index >= 15 is 0 Å². The third-order valence-corrected chi connectivity index (χ3v) is 3.88. The van der Waals surface area contributed by atoms with E-state index in [4.69, 9.17) is 4.74 Å². The minimum atomic E-state index is -0.195. The first kappa shape index (κ1) is 12.8. The predicted octanol–water partition coefficient (Wildman–Crippen LogP) is 1.81. The first-order valence-corrected chi connectivity index (χ1v) is 6.75. The molecule has 20 heavy (non-hydrogen) atoms. The highest BCUT2D eigenvalue weighted by Gasteiger charge is 2.37. The zero-order valence-electron chi connectivity index (χ0n) is 11.8. The Morgan fingerprint density at radius 2 is 2.05 bits per heavy atom. The van der Waals surface area contributed by atoms with Gasteiger partial charge in [0.2, 0.25) is 5.78 Å². The van der Waals surface area contributed by atoms with E-state index in [1.165, 1.54) is 0 Å². The highest BCUT2D eigenvalue weighted by Crippen LogP contribution is 2.36. The zero-order valence-corrected chi connectivity index (χ0v) is 11.8. The summed E-state index contributed by atoms with van der Waals surface area (Å²) in [6.45, 7) is 6.42. The number of aromatic nitrogens is 2. The molecule has 5 nitrogen and oxygen atoms in total. The second-order valence-electron chi connectivity index (χ2n) is 4.99. The molecule has 3 rings (SSSR count). The van der Waals surface area contributed by atoms with Crippen LogP contribution < -0.4 is 0 Å². The van der Waals surface area contributed by atoms with Gasteiger partial charge in [-0.05, 0) is 27.2 Å². The minimum absolute atomic E-state index is 0.0758. The fraction of sp³-hybridized carbons (Fsp3) is 0.400. The molecule has 1 aliphatic carbocycles. The van der Waals surface area contributed by atoms with Gasteiger partial charge in [0.25, 0.3) is 0 Å². The quantitative estimate of drug-likeness (QED) is 0.770. The summed E-state index contributed by atoms with van der Waals surface area (Å²) in [5.74, 6) is 0.771. The van der Waals surface area contributed by atoms with E-state index in [0.717, 1.165) is 11.5 Å². The normalized spacial score (nSPS) is 18.4. The molecule has 1 aromatic heterocycles. The largest absolute Gasteiger partial charge is 0.489 e. The topological polar surface area (TPSA) is 61.2 Å². The Morgan fingerprint density at radius 3 is 2.75 bits per heavy atom. The van der Waals surface area contributed by atoms with Gasteiger partial charge in [-0.25, -0.2) is 4.98 Å². The number of carbonyl (C=O) groups is 2. The molecule has 1 aromatic rings. The summed E-state index contributed by atoms with van der Waals surface area (Å²) in [5, 5.41) is 0. The lowest BCUT2D eigenvalue weighted by atomic mass is 9.84. The Kier molecular flexibility index (Phi) is 2.85. The molecular weight excluding hydrogens is 256 g/mol. The van der Waals surface area contributed by atoms with Crippen molar-refractivity contribution in [3.8, 4) is 0 Å². The Hall–Kier alpha value is -2.17. The summed E-state index contributed by atoms with van der Waals surface area (Å²) in [5.41, 5.74) is 2.21. The van der Waals surface area contributed by atoms with E-state index in [2.05, 4.69) is 4.98 Å². The molecule has 0 atom stereocenters. The van der Waals surface area contributed by atoms with Crippen molar-refractivity contribution in [2.75, 3.05) is 6.61 Å². The van der Waals surface area contributed by atoms with E-state index in [-0.39, 0.29) is 17.3 Å². The number of hydrogen-bond acceptors (Lipinski definition) is 4. The Bertz CT molecular complexity index is 692. The van der Waals surface area contributed by atoms with Gasteiger partial charge in [0, 0.05) is 17.7 Å².